The molecule has 0 saturated heterocycles. The molecule has 0 radical (unpaired) electrons. The van der Waals surface area contributed by atoms with Crippen LogP contribution in [0.3, 0.4) is 0 Å². The summed E-state index contributed by atoms with van der Waals surface area (Å²) in [6.07, 6.45) is 1.87. The number of rotatable bonds is 2. The standard InChI is InChI=1S/C14H18O/c1-4-5-6-11(2)9-13-7-8-14(15)12(3)10-13/h7-8,10-11,15H,4,9H2,1-3H3. The molecule has 0 bridgehead atoms. The average Bonchev–Trinajstić information content (AvgIpc) is 2.20. The van der Waals surface area contributed by atoms with E-state index < -0.39 is 0 Å². The number of hydrogen-bond acceptors (Lipinski definition) is 1. The van der Waals surface area contributed by atoms with E-state index in [1.165, 1.54) is 5.56 Å². The van der Waals surface area contributed by atoms with E-state index in [0.29, 0.717) is 11.7 Å². The summed E-state index contributed by atoms with van der Waals surface area (Å²) in [5.41, 5.74) is 2.17. The van der Waals surface area contributed by atoms with Gasteiger partial charge in [0.15, 0.2) is 0 Å². The highest BCUT2D eigenvalue weighted by atomic mass is 16.3. The normalized spacial score (nSPS) is 11.7. The van der Waals surface area contributed by atoms with Crippen LogP contribution in [0.4, 0.5) is 0 Å². The van der Waals surface area contributed by atoms with Crippen LogP contribution in [-0.2, 0) is 6.42 Å². The van der Waals surface area contributed by atoms with Gasteiger partial charge in [-0.05, 0) is 30.5 Å². The van der Waals surface area contributed by atoms with Crippen molar-refractivity contribution in [2.24, 2.45) is 5.92 Å². The topological polar surface area (TPSA) is 20.2 Å². The minimum absolute atomic E-state index is 0.367. The van der Waals surface area contributed by atoms with Crippen molar-refractivity contribution in [1.82, 2.24) is 0 Å². The highest BCUT2D eigenvalue weighted by molar-refractivity contribution is 5.35. The number of aromatic hydroxyl groups is 1. The molecule has 1 atom stereocenters. The van der Waals surface area contributed by atoms with Gasteiger partial charge in [0.05, 0.1) is 0 Å². The molecule has 0 aromatic heterocycles. The molecule has 1 unspecified atom stereocenters. The summed E-state index contributed by atoms with van der Waals surface area (Å²) in [5, 5.41) is 9.39. The third-order valence-corrected chi connectivity index (χ3v) is 2.33. The molecule has 0 aliphatic heterocycles. The smallest absolute Gasteiger partial charge is 0.118 e. The van der Waals surface area contributed by atoms with Gasteiger partial charge in [0.25, 0.3) is 0 Å². The molecular formula is C14H18O. The molecule has 1 nitrogen and oxygen atoms in total. The molecular weight excluding hydrogens is 184 g/mol. The number of hydrogen-bond donors (Lipinski definition) is 1. The number of aryl methyl sites for hydroxylation is 1. The van der Waals surface area contributed by atoms with Crippen molar-refractivity contribution in [2.45, 2.75) is 33.6 Å². The quantitative estimate of drug-likeness (QED) is 0.730. The van der Waals surface area contributed by atoms with E-state index in [-0.39, 0.29) is 0 Å². The summed E-state index contributed by atoms with van der Waals surface area (Å²) in [7, 11) is 0. The average molecular weight is 202 g/mol. The van der Waals surface area contributed by atoms with Gasteiger partial charge >= 0.3 is 0 Å². The molecule has 0 spiro atoms. The maximum atomic E-state index is 9.39. The molecule has 1 aromatic rings. The molecule has 80 valence electrons. The van der Waals surface area contributed by atoms with Crippen molar-refractivity contribution in [2.75, 3.05) is 0 Å². The highest BCUT2D eigenvalue weighted by Crippen LogP contribution is 2.18. The lowest BCUT2D eigenvalue weighted by atomic mass is 10.00. The van der Waals surface area contributed by atoms with Crippen LogP contribution in [0, 0.1) is 24.7 Å². The fourth-order valence-electron chi connectivity index (χ4n) is 1.53. The van der Waals surface area contributed by atoms with Crippen LogP contribution in [0.5, 0.6) is 5.75 Å². The predicted molar refractivity (Wildman–Crippen MR) is 63.8 cm³/mol. The Morgan fingerprint density at radius 3 is 2.73 bits per heavy atom. The molecule has 1 aromatic carbocycles. The maximum absolute atomic E-state index is 9.39. The Labute approximate surface area is 92.1 Å². The summed E-state index contributed by atoms with van der Waals surface area (Å²) < 4.78 is 0. The van der Waals surface area contributed by atoms with Crippen LogP contribution in [0.15, 0.2) is 18.2 Å². The van der Waals surface area contributed by atoms with Crippen LogP contribution in [0.1, 0.15) is 31.4 Å². The van der Waals surface area contributed by atoms with Crippen molar-refractivity contribution in [3.05, 3.63) is 29.3 Å². The molecule has 15 heavy (non-hydrogen) atoms. The van der Waals surface area contributed by atoms with Gasteiger partial charge in [0.2, 0.25) is 0 Å². The Morgan fingerprint density at radius 2 is 2.13 bits per heavy atom. The molecule has 0 amide bonds. The van der Waals surface area contributed by atoms with E-state index >= 15 is 0 Å². The van der Waals surface area contributed by atoms with Crippen LogP contribution >= 0.6 is 0 Å². The van der Waals surface area contributed by atoms with Crippen molar-refractivity contribution < 1.29 is 5.11 Å². The summed E-state index contributed by atoms with van der Waals surface area (Å²) in [5.74, 6) is 7.05. The predicted octanol–water partition coefficient (Wildman–Crippen LogP) is 3.29. The van der Waals surface area contributed by atoms with Gasteiger partial charge < -0.3 is 5.11 Å². The van der Waals surface area contributed by atoms with Gasteiger partial charge in [-0.2, -0.15) is 0 Å². The van der Waals surface area contributed by atoms with Crippen LogP contribution in [0.2, 0.25) is 0 Å². The Bertz CT molecular complexity index is 382. The van der Waals surface area contributed by atoms with E-state index in [9.17, 15) is 5.11 Å². The molecule has 1 heteroatoms. The molecule has 0 saturated carbocycles. The first-order valence-corrected chi connectivity index (χ1v) is 5.40. The Kier molecular flexibility index (Phi) is 4.24. The Hall–Kier alpha value is -1.42. The SMILES string of the molecule is CCC#CC(C)Cc1ccc(O)c(C)c1. The fraction of sp³-hybridized carbons (Fsp3) is 0.429. The maximum Gasteiger partial charge on any atom is 0.118 e. The second-order valence-electron chi connectivity index (χ2n) is 3.90. The molecule has 0 fully saturated rings. The lowest BCUT2D eigenvalue weighted by molar-refractivity contribution is 0.470. The molecule has 0 aliphatic rings. The van der Waals surface area contributed by atoms with Gasteiger partial charge in [-0.3, -0.25) is 0 Å². The summed E-state index contributed by atoms with van der Waals surface area (Å²) in [4.78, 5) is 0. The molecule has 1 rings (SSSR count). The van der Waals surface area contributed by atoms with Crippen LogP contribution in [-0.4, -0.2) is 5.11 Å². The van der Waals surface area contributed by atoms with E-state index in [2.05, 4.69) is 25.7 Å². The van der Waals surface area contributed by atoms with Gasteiger partial charge in [0, 0.05) is 12.3 Å². The summed E-state index contributed by atoms with van der Waals surface area (Å²) in [6, 6.07) is 5.75. The van der Waals surface area contributed by atoms with E-state index in [4.69, 9.17) is 0 Å². The lowest BCUT2D eigenvalue weighted by Gasteiger charge is -2.06. The van der Waals surface area contributed by atoms with Gasteiger partial charge in [0.1, 0.15) is 5.75 Å². The monoisotopic (exact) mass is 202 g/mol. The largest absolute Gasteiger partial charge is 0.508 e. The second-order valence-corrected chi connectivity index (χ2v) is 3.90. The van der Waals surface area contributed by atoms with Gasteiger partial charge in [-0.25, -0.2) is 0 Å². The first-order valence-electron chi connectivity index (χ1n) is 5.40. The van der Waals surface area contributed by atoms with Crippen molar-refractivity contribution >= 4 is 0 Å². The second kappa shape index (κ2) is 5.46. The highest BCUT2D eigenvalue weighted by Gasteiger charge is 2.02. The van der Waals surface area contributed by atoms with Crippen LogP contribution in [0.25, 0.3) is 0 Å². The third-order valence-electron chi connectivity index (χ3n) is 2.33. The fourth-order valence-corrected chi connectivity index (χ4v) is 1.53. The minimum atomic E-state index is 0.367. The van der Waals surface area contributed by atoms with Crippen molar-refractivity contribution in [3.8, 4) is 17.6 Å². The van der Waals surface area contributed by atoms with Crippen molar-refractivity contribution in [3.63, 3.8) is 0 Å². The number of benzene rings is 1. The zero-order valence-electron chi connectivity index (χ0n) is 9.67. The first-order chi connectivity index (χ1) is 7.13. The third kappa shape index (κ3) is 3.67. The zero-order chi connectivity index (χ0) is 11.3. The molecule has 1 N–H and O–H groups in total. The summed E-state index contributed by atoms with van der Waals surface area (Å²) in [6.45, 7) is 6.11. The summed E-state index contributed by atoms with van der Waals surface area (Å²) >= 11 is 0. The van der Waals surface area contributed by atoms with Crippen LogP contribution < -0.4 is 0 Å². The van der Waals surface area contributed by atoms with E-state index in [0.717, 1.165) is 18.4 Å². The first kappa shape index (κ1) is 11.7. The Balaban J connectivity index is 2.68. The van der Waals surface area contributed by atoms with E-state index in [1.54, 1.807) is 6.07 Å². The lowest BCUT2D eigenvalue weighted by Crippen LogP contribution is -1.96. The Morgan fingerprint density at radius 1 is 1.40 bits per heavy atom. The molecule has 0 aliphatic carbocycles. The molecule has 0 heterocycles. The van der Waals surface area contributed by atoms with Crippen molar-refractivity contribution in [1.29, 1.82) is 0 Å². The van der Waals surface area contributed by atoms with E-state index in [1.807, 2.05) is 19.1 Å². The van der Waals surface area contributed by atoms with Gasteiger partial charge in [-0.15, -0.1) is 5.92 Å². The zero-order valence-corrected chi connectivity index (χ0v) is 9.67. The number of phenolic OH excluding ortho intramolecular Hbond substituents is 1. The number of phenols is 1. The minimum Gasteiger partial charge on any atom is -0.508 e. The van der Waals surface area contributed by atoms with Gasteiger partial charge in [-0.1, -0.05) is 31.9 Å².